The minimum atomic E-state index is -0.816. The number of likely N-dealkylation sites (tertiary alicyclic amines) is 1. The van der Waals surface area contributed by atoms with Gasteiger partial charge in [-0.15, -0.1) is 0 Å². The van der Waals surface area contributed by atoms with Crippen LogP contribution in [0.5, 0.6) is 0 Å². The van der Waals surface area contributed by atoms with Crippen LogP contribution in [0, 0.1) is 13.8 Å². The van der Waals surface area contributed by atoms with Gasteiger partial charge >= 0.3 is 5.97 Å². The van der Waals surface area contributed by atoms with Crippen molar-refractivity contribution in [1.29, 1.82) is 0 Å². The van der Waals surface area contributed by atoms with Gasteiger partial charge in [-0.2, -0.15) is 0 Å². The molecule has 0 saturated carbocycles. The van der Waals surface area contributed by atoms with Crippen LogP contribution in [0.1, 0.15) is 45.3 Å². The number of hydrogen-bond donors (Lipinski definition) is 1. The lowest BCUT2D eigenvalue weighted by atomic mass is 9.95. The first-order chi connectivity index (χ1) is 17.1. The van der Waals surface area contributed by atoms with Gasteiger partial charge in [-0.3, -0.25) is 9.59 Å². The van der Waals surface area contributed by atoms with Crippen molar-refractivity contribution in [2.24, 2.45) is 0 Å². The van der Waals surface area contributed by atoms with Crippen LogP contribution in [0.3, 0.4) is 0 Å². The lowest BCUT2D eigenvalue weighted by molar-refractivity contribution is -0.139. The molecule has 1 fully saturated rings. The van der Waals surface area contributed by atoms with Gasteiger partial charge in [0.05, 0.1) is 30.0 Å². The molecule has 1 unspecified atom stereocenters. The molecule has 1 N–H and O–H groups in total. The number of ether oxygens (including phenoxy) is 1. The highest BCUT2D eigenvalue weighted by Gasteiger charge is 2.46. The van der Waals surface area contributed by atoms with E-state index in [4.69, 9.17) is 4.74 Å². The van der Waals surface area contributed by atoms with Crippen LogP contribution in [0.2, 0.25) is 0 Å². The number of hydrogen-bond acceptors (Lipinski definition) is 7. The van der Waals surface area contributed by atoms with Crippen LogP contribution in [0.15, 0.2) is 48.2 Å². The molecule has 1 aromatic carbocycles. The normalized spacial score (nSPS) is 17.4. The number of imidazole rings is 1. The minimum absolute atomic E-state index is 0.0140. The van der Waals surface area contributed by atoms with Gasteiger partial charge in [0.2, 0.25) is 0 Å². The predicted molar refractivity (Wildman–Crippen MR) is 135 cm³/mol. The number of carbonyl (C=O) groups is 3. The molecule has 4 rings (SSSR count). The fraction of sp³-hybridized carbons (Fsp3) is 0.333. The molecule has 1 amide bonds. The van der Waals surface area contributed by atoms with Gasteiger partial charge in [0.1, 0.15) is 11.3 Å². The number of amides is 1. The van der Waals surface area contributed by atoms with Crippen molar-refractivity contribution in [2.45, 2.75) is 26.3 Å². The first-order valence-corrected chi connectivity index (χ1v) is 11.7. The Labute approximate surface area is 209 Å². The maximum Gasteiger partial charge on any atom is 0.337 e. The van der Waals surface area contributed by atoms with E-state index in [0.717, 1.165) is 12.1 Å². The van der Waals surface area contributed by atoms with Gasteiger partial charge in [0.15, 0.2) is 5.76 Å². The fourth-order valence-corrected chi connectivity index (χ4v) is 4.61. The SMILES string of the molecule is COC(=O)c1ccc(C2C(=C(O)c3nc4c(C)cccn4c3C)C(=O)C(=O)N2CCCN(C)C)cc1. The molecule has 1 atom stereocenters. The quantitative estimate of drug-likeness (QED) is 0.235. The molecule has 2 aromatic heterocycles. The number of esters is 1. The Morgan fingerprint density at radius 2 is 1.83 bits per heavy atom. The summed E-state index contributed by atoms with van der Waals surface area (Å²) in [5.41, 5.74) is 3.43. The van der Waals surface area contributed by atoms with E-state index in [1.165, 1.54) is 12.0 Å². The average molecular weight is 491 g/mol. The molecule has 1 saturated heterocycles. The second-order valence-corrected chi connectivity index (χ2v) is 9.19. The monoisotopic (exact) mass is 490 g/mol. The molecule has 0 radical (unpaired) electrons. The van der Waals surface area contributed by atoms with Crippen LogP contribution in [0.25, 0.3) is 11.4 Å². The molecule has 36 heavy (non-hydrogen) atoms. The van der Waals surface area contributed by atoms with Gasteiger partial charge in [-0.25, -0.2) is 9.78 Å². The Morgan fingerprint density at radius 1 is 1.14 bits per heavy atom. The number of carbonyl (C=O) groups excluding carboxylic acids is 3. The number of pyridine rings is 1. The summed E-state index contributed by atoms with van der Waals surface area (Å²) in [5.74, 6) is -2.23. The van der Waals surface area contributed by atoms with E-state index in [9.17, 15) is 19.5 Å². The second-order valence-electron chi connectivity index (χ2n) is 9.19. The third kappa shape index (κ3) is 4.37. The number of aryl methyl sites for hydroxylation is 2. The molecular formula is C27H30N4O5. The topological polar surface area (TPSA) is 104 Å². The van der Waals surface area contributed by atoms with Gasteiger partial charge in [0, 0.05) is 12.7 Å². The van der Waals surface area contributed by atoms with E-state index >= 15 is 0 Å². The summed E-state index contributed by atoms with van der Waals surface area (Å²) in [7, 11) is 5.17. The summed E-state index contributed by atoms with van der Waals surface area (Å²) < 4.78 is 6.62. The maximum absolute atomic E-state index is 13.3. The van der Waals surface area contributed by atoms with Crippen molar-refractivity contribution in [3.8, 4) is 0 Å². The molecular weight excluding hydrogens is 460 g/mol. The van der Waals surface area contributed by atoms with E-state index in [2.05, 4.69) is 4.98 Å². The van der Waals surface area contributed by atoms with E-state index in [1.54, 1.807) is 24.3 Å². The molecule has 3 heterocycles. The molecule has 3 aromatic rings. The minimum Gasteiger partial charge on any atom is -0.505 e. The standard InChI is InChI=1S/C27H30N4O5/c1-16-8-6-14-30-17(2)21(28-25(16)30)23(32)20-22(18-9-11-19(12-10-18)27(35)36-5)31(26(34)24(20)33)15-7-13-29(3)4/h6,8-12,14,22,32H,7,13,15H2,1-5H3. The number of fused-ring (bicyclic) bond motifs is 1. The summed E-state index contributed by atoms with van der Waals surface area (Å²) >= 11 is 0. The first-order valence-electron chi connectivity index (χ1n) is 11.7. The molecule has 0 bridgehead atoms. The van der Waals surface area contributed by atoms with Crippen LogP contribution in [0.4, 0.5) is 0 Å². The number of Topliss-reactive ketones (excluding diaryl/α,β-unsaturated/α-hetero) is 1. The number of nitrogens with zero attached hydrogens (tertiary/aromatic N) is 4. The van der Waals surface area contributed by atoms with Crippen molar-refractivity contribution in [3.05, 3.63) is 76.2 Å². The number of benzene rings is 1. The van der Waals surface area contributed by atoms with Crippen LogP contribution in [-0.4, -0.2) is 76.2 Å². The summed E-state index contributed by atoms with van der Waals surface area (Å²) in [4.78, 5) is 46.5. The molecule has 9 heteroatoms. The highest BCUT2D eigenvalue weighted by Crippen LogP contribution is 2.40. The molecule has 1 aliphatic rings. The van der Waals surface area contributed by atoms with Gasteiger partial charge in [-0.05, 0) is 70.2 Å². The largest absolute Gasteiger partial charge is 0.505 e. The van der Waals surface area contributed by atoms with Crippen LogP contribution in [-0.2, 0) is 14.3 Å². The zero-order valence-corrected chi connectivity index (χ0v) is 21.1. The highest BCUT2D eigenvalue weighted by molar-refractivity contribution is 6.46. The van der Waals surface area contributed by atoms with Crippen molar-refractivity contribution in [1.82, 2.24) is 19.2 Å². The van der Waals surface area contributed by atoms with Crippen molar-refractivity contribution in [2.75, 3.05) is 34.3 Å². The zero-order valence-electron chi connectivity index (χ0n) is 21.1. The molecule has 9 nitrogen and oxygen atoms in total. The summed E-state index contributed by atoms with van der Waals surface area (Å²) in [6, 6.07) is 9.50. The third-order valence-corrected chi connectivity index (χ3v) is 6.50. The van der Waals surface area contributed by atoms with E-state index < -0.39 is 23.7 Å². The average Bonchev–Trinajstić information content (AvgIpc) is 3.33. The summed E-state index contributed by atoms with van der Waals surface area (Å²) in [6.45, 7) is 4.77. The Kier molecular flexibility index (Phi) is 6.94. The highest BCUT2D eigenvalue weighted by atomic mass is 16.5. The lowest BCUT2D eigenvalue weighted by Gasteiger charge is -2.26. The van der Waals surface area contributed by atoms with Crippen LogP contribution >= 0.6 is 0 Å². The second kappa shape index (κ2) is 9.94. The number of rotatable bonds is 7. The van der Waals surface area contributed by atoms with Crippen LogP contribution < -0.4 is 0 Å². The summed E-state index contributed by atoms with van der Waals surface area (Å²) in [6.07, 6.45) is 2.48. The first kappa shape index (κ1) is 25.1. The summed E-state index contributed by atoms with van der Waals surface area (Å²) in [5, 5.41) is 11.4. The van der Waals surface area contributed by atoms with Gasteiger partial charge in [0.25, 0.3) is 11.7 Å². The molecule has 0 spiro atoms. The molecule has 188 valence electrons. The van der Waals surface area contributed by atoms with E-state index in [-0.39, 0.29) is 17.0 Å². The predicted octanol–water partition coefficient (Wildman–Crippen LogP) is 3.11. The smallest absolute Gasteiger partial charge is 0.337 e. The third-order valence-electron chi connectivity index (χ3n) is 6.50. The molecule has 0 aliphatic carbocycles. The van der Waals surface area contributed by atoms with Gasteiger partial charge < -0.3 is 24.0 Å². The van der Waals surface area contributed by atoms with Crippen molar-refractivity contribution in [3.63, 3.8) is 0 Å². The number of methoxy groups -OCH3 is 1. The van der Waals surface area contributed by atoms with E-state index in [1.807, 2.05) is 55.6 Å². The Hall–Kier alpha value is -3.98. The Bertz CT molecular complexity index is 1370. The number of aliphatic hydroxyl groups is 1. The lowest BCUT2D eigenvalue weighted by Crippen LogP contribution is -2.32. The maximum atomic E-state index is 13.3. The fourth-order valence-electron chi connectivity index (χ4n) is 4.61. The molecule has 1 aliphatic heterocycles. The van der Waals surface area contributed by atoms with Gasteiger partial charge in [-0.1, -0.05) is 18.2 Å². The Balaban J connectivity index is 1.86. The number of aromatic nitrogens is 2. The number of aliphatic hydroxyl groups excluding tert-OH is 1. The number of ketones is 1. The van der Waals surface area contributed by atoms with E-state index in [0.29, 0.717) is 35.4 Å². The van der Waals surface area contributed by atoms with Crippen molar-refractivity contribution < 1.29 is 24.2 Å². The van der Waals surface area contributed by atoms with Crippen molar-refractivity contribution >= 4 is 29.1 Å². The zero-order chi connectivity index (χ0) is 26.1. The Morgan fingerprint density at radius 3 is 2.44 bits per heavy atom.